The van der Waals surface area contributed by atoms with Crippen molar-refractivity contribution >= 4 is 27.4 Å². The summed E-state index contributed by atoms with van der Waals surface area (Å²) in [5.74, 6) is -3.29. The van der Waals surface area contributed by atoms with Crippen LogP contribution in [0.5, 0.6) is 0 Å². The van der Waals surface area contributed by atoms with E-state index in [2.05, 4.69) is 15.5 Å². The van der Waals surface area contributed by atoms with Gasteiger partial charge in [0.1, 0.15) is 0 Å². The maximum Gasteiger partial charge on any atom is 0.296 e. The first kappa shape index (κ1) is 21.0. The number of nitrogens with two attached hydrogens (primary N) is 1. The summed E-state index contributed by atoms with van der Waals surface area (Å²) >= 11 is 0. The minimum Gasteiger partial charge on any atom is -0.369 e. The lowest BCUT2D eigenvalue weighted by Crippen LogP contribution is -2.41. The average Bonchev–Trinajstić information content (AvgIpc) is 3.34. The van der Waals surface area contributed by atoms with Crippen molar-refractivity contribution in [1.29, 1.82) is 0 Å². The molecule has 2 unspecified atom stereocenters. The smallest absolute Gasteiger partial charge is 0.296 e. The van der Waals surface area contributed by atoms with E-state index in [0.717, 1.165) is 19.3 Å². The lowest BCUT2D eigenvalue weighted by atomic mass is 10.1. The molecule has 1 aromatic heterocycles. The van der Waals surface area contributed by atoms with Gasteiger partial charge in [0.2, 0.25) is 17.6 Å². The first-order valence-corrected chi connectivity index (χ1v) is 10.5. The first-order chi connectivity index (χ1) is 12.6. The maximum absolute atomic E-state index is 12.4. The van der Waals surface area contributed by atoms with Crippen LogP contribution in [0.2, 0.25) is 0 Å². The molecule has 27 heavy (non-hydrogen) atoms. The summed E-state index contributed by atoms with van der Waals surface area (Å²) in [7, 11) is -3.68. The molecule has 0 bridgehead atoms. The third-order valence-electron chi connectivity index (χ3n) is 4.15. The number of hydrogen-bond donors (Lipinski definition) is 2. The zero-order chi connectivity index (χ0) is 20.2. The number of carbonyl (C=O) groups is 3. The summed E-state index contributed by atoms with van der Waals surface area (Å²) in [5, 5.41) is 6.20. The molecule has 0 aliphatic heterocycles. The minimum atomic E-state index is -3.68. The zero-order valence-corrected chi connectivity index (χ0v) is 16.0. The lowest BCUT2D eigenvalue weighted by molar-refractivity contribution is -0.120. The number of amides is 2. The SMILES string of the molecule is CCC(NC(=O)[CH]CS(=O)(=O)CC(C)C(N)=O)C(=O)c1nc(C2CC2)no1. The molecule has 1 heterocycles. The topological polar surface area (TPSA) is 162 Å². The van der Waals surface area contributed by atoms with Crippen molar-refractivity contribution in [2.24, 2.45) is 11.7 Å². The van der Waals surface area contributed by atoms with Gasteiger partial charge >= 0.3 is 0 Å². The van der Waals surface area contributed by atoms with Gasteiger partial charge in [0.15, 0.2) is 15.7 Å². The molecule has 2 rings (SSSR count). The van der Waals surface area contributed by atoms with E-state index in [1.54, 1.807) is 6.92 Å². The van der Waals surface area contributed by atoms with Crippen LogP contribution in [-0.4, -0.2) is 53.7 Å². The van der Waals surface area contributed by atoms with Crippen LogP contribution >= 0.6 is 0 Å². The summed E-state index contributed by atoms with van der Waals surface area (Å²) in [6.45, 7) is 3.08. The summed E-state index contributed by atoms with van der Waals surface area (Å²) in [5.41, 5.74) is 5.05. The van der Waals surface area contributed by atoms with E-state index in [4.69, 9.17) is 10.3 Å². The Labute approximate surface area is 157 Å². The molecule has 149 valence electrons. The number of Topliss-reactive ketones (excluding diaryl/α,β-unsaturated/α-hetero) is 1. The number of rotatable bonds is 11. The summed E-state index contributed by atoms with van der Waals surface area (Å²) in [4.78, 5) is 39.4. The Kier molecular flexibility index (Phi) is 6.68. The Balaban J connectivity index is 1.88. The van der Waals surface area contributed by atoms with E-state index in [1.165, 1.54) is 6.92 Å². The van der Waals surface area contributed by atoms with E-state index >= 15 is 0 Å². The highest BCUT2D eigenvalue weighted by Crippen LogP contribution is 2.38. The van der Waals surface area contributed by atoms with Crippen molar-refractivity contribution in [2.75, 3.05) is 11.5 Å². The van der Waals surface area contributed by atoms with Gasteiger partial charge < -0.3 is 15.6 Å². The quantitative estimate of drug-likeness (QED) is 0.482. The Morgan fingerprint density at radius 3 is 2.59 bits per heavy atom. The van der Waals surface area contributed by atoms with Gasteiger partial charge in [0.05, 0.1) is 24.0 Å². The highest BCUT2D eigenvalue weighted by Gasteiger charge is 2.32. The van der Waals surface area contributed by atoms with Crippen LogP contribution < -0.4 is 11.1 Å². The van der Waals surface area contributed by atoms with Crippen molar-refractivity contribution in [3.05, 3.63) is 18.1 Å². The number of nitrogens with one attached hydrogen (secondary N) is 1. The molecular weight excluding hydrogens is 376 g/mol. The van der Waals surface area contributed by atoms with Gasteiger partial charge in [-0.05, 0) is 19.3 Å². The molecule has 0 aromatic carbocycles. The number of hydrogen-bond acceptors (Lipinski definition) is 8. The molecule has 1 fully saturated rings. The van der Waals surface area contributed by atoms with Crippen LogP contribution in [0.25, 0.3) is 0 Å². The fourth-order valence-corrected chi connectivity index (χ4v) is 3.78. The van der Waals surface area contributed by atoms with Crippen LogP contribution in [0, 0.1) is 12.3 Å². The Morgan fingerprint density at radius 1 is 1.37 bits per heavy atom. The number of nitrogens with zero attached hydrogens (tertiary/aromatic N) is 2. The first-order valence-electron chi connectivity index (χ1n) is 8.64. The number of sulfone groups is 1. The predicted molar refractivity (Wildman–Crippen MR) is 94.1 cm³/mol. The minimum absolute atomic E-state index is 0.174. The van der Waals surface area contributed by atoms with E-state index in [9.17, 15) is 22.8 Å². The monoisotopic (exact) mass is 399 g/mol. The number of aromatic nitrogens is 2. The van der Waals surface area contributed by atoms with Crippen LogP contribution in [0.1, 0.15) is 55.5 Å². The van der Waals surface area contributed by atoms with Crippen LogP contribution in [0.15, 0.2) is 4.52 Å². The van der Waals surface area contributed by atoms with Gasteiger partial charge in [-0.3, -0.25) is 14.4 Å². The van der Waals surface area contributed by atoms with Crippen molar-refractivity contribution in [1.82, 2.24) is 15.5 Å². The second-order valence-electron chi connectivity index (χ2n) is 6.65. The molecule has 10 nitrogen and oxygen atoms in total. The maximum atomic E-state index is 12.4. The van der Waals surface area contributed by atoms with Gasteiger partial charge in [-0.25, -0.2) is 8.42 Å². The molecule has 1 aliphatic rings. The molecule has 0 saturated heterocycles. The molecule has 2 amide bonds. The summed E-state index contributed by atoms with van der Waals surface area (Å²) in [6, 6.07) is -0.909. The molecule has 1 radical (unpaired) electrons. The molecule has 3 N–H and O–H groups in total. The fourth-order valence-electron chi connectivity index (χ4n) is 2.31. The Bertz CT molecular complexity index is 815. The Morgan fingerprint density at radius 2 is 2.04 bits per heavy atom. The number of primary amides is 1. The standard InChI is InChI=1S/C16H23N4O6S/c1-3-11(13(22)16-19-15(20-26-16)10-4-5-10)18-12(21)6-7-27(24,25)8-9(2)14(17)23/h6,9-11H,3-5,7-8H2,1-2H3,(H2,17,23)(H,18,21). The third-order valence-corrected chi connectivity index (χ3v) is 5.83. The van der Waals surface area contributed by atoms with Gasteiger partial charge in [0, 0.05) is 11.8 Å². The highest BCUT2D eigenvalue weighted by molar-refractivity contribution is 7.91. The average molecular weight is 399 g/mol. The Hall–Kier alpha value is -2.30. The summed E-state index contributed by atoms with van der Waals surface area (Å²) in [6.07, 6.45) is 3.10. The van der Waals surface area contributed by atoms with Crippen molar-refractivity contribution in [3.63, 3.8) is 0 Å². The molecule has 0 spiro atoms. The molecule has 2 atom stereocenters. The molecule has 1 saturated carbocycles. The normalized spacial score (nSPS) is 16.5. The molecule has 1 aliphatic carbocycles. The second kappa shape index (κ2) is 8.59. The van der Waals surface area contributed by atoms with E-state index < -0.39 is 50.9 Å². The highest BCUT2D eigenvalue weighted by atomic mass is 32.2. The number of ketones is 1. The van der Waals surface area contributed by atoms with Crippen molar-refractivity contribution < 1.29 is 27.3 Å². The van der Waals surface area contributed by atoms with Crippen molar-refractivity contribution in [2.45, 2.75) is 45.1 Å². The van der Waals surface area contributed by atoms with Gasteiger partial charge in [-0.1, -0.05) is 19.0 Å². The van der Waals surface area contributed by atoms with Gasteiger partial charge in [-0.2, -0.15) is 4.98 Å². The van der Waals surface area contributed by atoms with Gasteiger partial charge in [-0.15, -0.1) is 0 Å². The number of carbonyl (C=O) groups excluding carboxylic acids is 3. The third kappa shape index (κ3) is 6.12. The van der Waals surface area contributed by atoms with Crippen LogP contribution in [0.3, 0.4) is 0 Å². The van der Waals surface area contributed by atoms with E-state index in [-0.39, 0.29) is 18.2 Å². The zero-order valence-electron chi connectivity index (χ0n) is 15.2. The fraction of sp³-hybridized carbons (Fsp3) is 0.625. The molecular formula is C16H23N4O6S. The molecule has 11 heteroatoms. The van der Waals surface area contributed by atoms with Crippen molar-refractivity contribution in [3.8, 4) is 0 Å². The largest absolute Gasteiger partial charge is 0.369 e. The second-order valence-corrected chi connectivity index (χ2v) is 8.80. The van der Waals surface area contributed by atoms with Crippen LogP contribution in [0.4, 0.5) is 0 Å². The van der Waals surface area contributed by atoms with Crippen LogP contribution in [-0.2, 0) is 19.4 Å². The lowest BCUT2D eigenvalue weighted by Gasteiger charge is -2.14. The van der Waals surface area contributed by atoms with Gasteiger partial charge in [0.25, 0.3) is 5.89 Å². The summed E-state index contributed by atoms with van der Waals surface area (Å²) < 4.78 is 28.8. The molecule has 1 aromatic rings. The predicted octanol–water partition coefficient (Wildman–Crippen LogP) is -0.235. The van der Waals surface area contributed by atoms with E-state index in [1.807, 2.05) is 0 Å². The van der Waals surface area contributed by atoms with E-state index in [0.29, 0.717) is 5.82 Å².